The summed E-state index contributed by atoms with van der Waals surface area (Å²) < 4.78 is 42.1. The first-order chi connectivity index (χ1) is 12.3. The van der Waals surface area contributed by atoms with E-state index in [1.807, 2.05) is 0 Å². The van der Waals surface area contributed by atoms with E-state index in [1.54, 1.807) is 0 Å². The Morgan fingerprint density at radius 1 is 1.15 bits per heavy atom. The van der Waals surface area contributed by atoms with Gasteiger partial charge >= 0.3 is 5.63 Å². The minimum absolute atomic E-state index is 0.153. The Hall–Kier alpha value is -1.95. The standard InChI is InChI=1S/C16H16F2O8/c17-8-1-2-9-7(11(8)18)3-6(15(22)25-9)5-24-14-12(20)10(4-19)26-16(23)13(14)21/h1-3,10,12-14,16,19-21,23H,4-5H2/t10-,12+,13-,14+,16-/m1/s1. The molecule has 5 atom stereocenters. The zero-order chi connectivity index (χ0) is 19.0. The molecule has 0 amide bonds. The van der Waals surface area contributed by atoms with E-state index in [4.69, 9.17) is 19.0 Å². The van der Waals surface area contributed by atoms with E-state index in [-0.39, 0.29) is 16.5 Å². The molecule has 1 saturated heterocycles. The van der Waals surface area contributed by atoms with Crippen LogP contribution < -0.4 is 5.63 Å². The fraction of sp³-hybridized carbons (Fsp3) is 0.438. The number of hydrogen-bond donors (Lipinski definition) is 4. The predicted molar refractivity (Wildman–Crippen MR) is 81.0 cm³/mol. The third kappa shape index (κ3) is 3.34. The maximum absolute atomic E-state index is 13.8. The Bertz CT molecular complexity index is 854. The van der Waals surface area contributed by atoms with Crippen molar-refractivity contribution in [3.8, 4) is 0 Å². The highest BCUT2D eigenvalue weighted by Crippen LogP contribution is 2.24. The summed E-state index contributed by atoms with van der Waals surface area (Å²) in [6.07, 6.45) is -7.49. The maximum atomic E-state index is 13.8. The predicted octanol–water partition coefficient (Wildman–Crippen LogP) is -0.612. The Kier molecular flexibility index (Phi) is 5.32. The summed E-state index contributed by atoms with van der Waals surface area (Å²) in [4.78, 5) is 11.9. The molecule has 0 spiro atoms. The molecule has 2 aromatic rings. The molecule has 0 unspecified atom stereocenters. The highest BCUT2D eigenvalue weighted by Gasteiger charge is 2.44. The molecule has 8 nitrogen and oxygen atoms in total. The zero-order valence-corrected chi connectivity index (χ0v) is 13.2. The van der Waals surface area contributed by atoms with Crippen molar-refractivity contribution < 1.29 is 43.1 Å². The molecule has 0 radical (unpaired) electrons. The van der Waals surface area contributed by atoms with E-state index in [0.717, 1.165) is 18.2 Å². The van der Waals surface area contributed by atoms with Crippen LogP contribution in [0, 0.1) is 11.6 Å². The van der Waals surface area contributed by atoms with Crippen molar-refractivity contribution in [2.24, 2.45) is 0 Å². The third-order valence-electron chi connectivity index (χ3n) is 4.15. The summed E-state index contributed by atoms with van der Waals surface area (Å²) in [5.74, 6) is -2.32. The van der Waals surface area contributed by atoms with E-state index < -0.39 is 61.2 Å². The van der Waals surface area contributed by atoms with Crippen LogP contribution in [0.4, 0.5) is 8.78 Å². The number of rotatable bonds is 4. The monoisotopic (exact) mass is 374 g/mol. The Balaban J connectivity index is 1.85. The fourth-order valence-corrected chi connectivity index (χ4v) is 2.72. The van der Waals surface area contributed by atoms with Crippen LogP contribution in [-0.4, -0.2) is 57.7 Å². The second-order valence-electron chi connectivity index (χ2n) is 5.84. The van der Waals surface area contributed by atoms with Gasteiger partial charge in [0.2, 0.25) is 0 Å². The summed E-state index contributed by atoms with van der Waals surface area (Å²) in [6.45, 7) is -1.18. The van der Waals surface area contributed by atoms with Gasteiger partial charge in [-0.25, -0.2) is 13.6 Å². The maximum Gasteiger partial charge on any atom is 0.341 e. The Morgan fingerprint density at radius 3 is 2.58 bits per heavy atom. The molecule has 0 saturated carbocycles. The lowest BCUT2D eigenvalue weighted by Crippen LogP contribution is -2.59. The van der Waals surface area contributed by atoms with Gasteiger partial charge in [0.25, 0.3) is 0 Å². The number of fused-ring (bicyclic) bond motifs is 1. The lowest BCUT2D eigenvalue weighted by molar-refractivity contribution is -0.296. The van der Waals surface area contributed by atoms with Crippen molar-refractivity contribution in [2.75, 3.05) is 6.61 Å². The van der Waals surface area contributed by atoms with Crippen molar-refractivity contribution in [1.29, 1.82) is 0 Å². The van der Waals surface area contributed by atoms with Gasteiger partial charge in [0.1, 0.15) is 30.0 Å². The van der Waals surface area contributed by atoms with Crippen LogP contribution in [0.25, 0.3) is 11.0 Å². The number of halogens is 2. The lowest BCUT2D eigenvalue weighted by atomic mass is 9.99. The van der Waals surface area contributed by atoms with Gasteiger partial charge in [-0.3, -0.25) is 0 Å². The van der Waals surface area contributed by atoms with Crippen molar-refractivity contribution >= 4 is 11.0 Å². The van der Waals surface area contributed by atoms with Gasteiger partial charge < -0.3 is 34.3 Å². The van der Waals surface area contributed by atoms with Crippen LogP contribution in [0.3, 0.4) is 0 Å². The van der Waals surface area contributed by atoms with Gasteiger partial charge in [-0.05, 0) is 18.2 Å². The minimum Gasteiger partial charge on any atom is -0.422 e. The number of aliphatic hydroxyl groups excluding tert-OH is 4. The molecule has 4 N–H and O–H groups in total. The molecule has 3 rings (SSSR count). The van der Waals surface area contributed by atoms with Gasteiger partial charge in [0.05, 0.1) is 24.2 Å². The van der Waals surface area contributed by atoms with Crippen molar-refractivity contribution in [2.45, 2.75) is 37.3 Å². The van der Waals surface area contributed by atoms with E-state index in [0.29, 0.717) is 0 Å². The molecule has 1 aliphatic heterocycles. The van der Waals surface area contributed by atoms with Gasteiger partial charge in [0, 0.05) is 0 Å². The van der Waals surface area contributed by atoms with Crippen molar-refractivity contribution in [3.05, 3.63) is 45.8 Å². The van der Waals surface area contributed by atoms with Crippen LogP contribution in [0.5, 0.6) is 0 Å². The highest BCUT2D eigenvalue weighted by molar-refractivity contribution is 5.77. The number of ether oxygens (including phenoxy) is 2. The average molecular weight is 374 g/mol. The first-order valence-corrected chi connectivity index (χ1v) is 7.66. The van der Waals surface area contributed by atoms with Crippen LogP contribution in [0.15, 0.2) is 27.4 Å². The van der Waals surface area contributed by atoms with E-state index in [2.05, 4.69) is 0 Å². The summed E-state index contributed by atoms with van der Waals surface area (Å²) in [7, 11) is 0. The molecule has 26 heavy (non-hydrogen) atoms. The summed E-state index contributed by atoms with van der Waals surface area (Å²) in [6, 6.07) is 2.97. The zero-order valence-electron chi connectivity index (χ0n) is 13.2. The smallest absolute Gasteiger partial charge is 0.341 e. The summed E-state index contributed by atoms with van der Waals surface area (Å²) in [5, 5.41) is 38.3. The number of aliphatic hydroxyl groups is 4. The molecule has 1 aromatic carbocycles. The highest BCUT2D eigenvalue weighted by atomic mass is 19.2. The number of hydrogen-bond acceptors (Lipinski definition) is 8. The quantitative estimate of drug-likeness (QED) is 0.522. The van der Waals surface area contributed by atoms with Gasteiger partial charge in [-0.1, -0.05) is 0 Å². The molecule has 142 valence electrons. The topological polar surface area (TPSA) is 130 Å². The molecule has 0 bridgehead atoms. The normalized spacial score (nSPS) is 29.2. The molecule has 1 aliphatic rings. The first-order valence-electron chi connectivity index (χ1n) is 7.66. The van der Waals surface area contributed by atoms with E-state index in [9.17, 15) is 28.9 Å². The van der Waals surface area contributed by atoms with E-state index in [1.165, 1.54) is 0 Å². The Morgan fingerprint density at radius 2 is 1.88 bits per heavy atom. The molecule has 0 aliphatic carbocycles. The van der Waals surface area contributed by atoms with Crippen LogP contribution in [0.2, 0.25) is 0 Å². The molecule has 10 heteroatoms. The van der Waals surface area contributed by atoms with Crippen molar-refractivity contribution in [1.82, 2.24) is 0 Å². The lowest BCUT2D eigenvalue weighted by Gasteiger charge is -2.39. The van der Waals surface area contributed by atoms with Crippen LogP contribution in [0.1, 0.15) is 5.56 Å². The average Bonchev–Trinajstić information content (AvgIpc) is 2.62. The Labute approximate surface area is 144 Å². The molecular weight excluding hydrogens is 358 g/mol. The molecule has 1 fully saturated rings. The van der Waals surface area contributed by atoms with Crippen molar-refractivity contribution in [3.63, 3.8) is 0 Å². The SMILES string of the molecule is O=c1oc2ccc(F)c(F)c2cc1CO[C@@H]1[C@@H](O)[C@H](O)O[C@H](CO)[C@@H]1O. The second-order valence-corrected chi connectivity index (χ2v) is 5.84. The van der Waals surface area contributed by atoms with Gasteiger partial charge in [-0.15, -0.1) is 0 Å². The summed E-state index contributed by atoms with van der Waals surface area (Å²) in [5.41, 5.74) is -1.22. The van der Waals surface area contributed by atoms with Crippen LogP contribution in [-0.2, 0) is 16.1 Å². The molecular formula is C16H16F2O8. The first kappa shape index (κ1) is 18.8. The third-order valence-corrected chi connectivity index (χ3v) is 4.15. The largest absolute Gasteiger partial charge is 0.422 e. The minimum atomic E-state index is -1.72. The molecule has 1 aromatic heterocycles. The van der Waals surface area contributed by atoms with Gasteiger partial charge in [0.15, 0.2) is 17.9 Å². The van der Waals surface area contributed by atoms with Crippen LogP contribution >= 0.6 is 0 Å². The fourth-order valence-electron chi connectivity index (χ4n) is 2.72. The number of benzene rings is 1. The van der Waals surface area contributed by atoms with E-state index >= 15 is 0 Å². The second kappa shape index (κ2) is 7.35. The molecule has 2 heterocycles. The summed E-state index contributed by atoms with van der Waals surface area (Å²) >= 11 is 0. The van der Waals surface area contributed by atoms with Gasteiger partial charge in [-0.2, -0.15) is 0 Å².